The molecular formula is C12H15NO2. The molecule has 2 heterocycles. The molecule has 2 aliphatic heterocycles. The highest BCUT2D eigenvalue weighted by atomic mass is 16.6. The zero-order chi connectivity index (χ0) is 10.3. The molecule has 0 radical (unpaired) electrons. The van der Waals surface area contributed by atoms with Crippen LogP contribution in [-0.2, 0) is 22.3 Å². The van der Waals surface area contributed by atoms with Crippen molar-refractivity contribution in [2.24, 2.45) is 0 Å². The monoisotopic (exact) mass is 205 g/mol. The van der Waals surface area contributed by atoms with Crippen LogP contribution in [0.4, 0.5) is 5.69 Å². The molecule has 80 valence electrons. The first-order chi connectivity index (χ1) is 7.33. The van der Waals surface area contributed by atoms with Gasteiger partial charge in [-0.15, -0.1) is 0 Å². The Morgan fingerprint density at radius 1 is 1.13 bits per heavy atom. The van der Waals surface area contributed by atoms with E-state index >= 15 is 0 Å². The van der Waals surface area contributed by atoms with Crippen molar-refractivity contribution in [2.45, 2.75) is 25.0 Å². The van der Waals surface area contributed by atoms with Gasteiger partial charge >= 0.3 is 0 Å². The van der Waals surface area contributed by atoms with E-state index in [1.165, 1.54) is 11.1 Å². The Kier molecular flexibility index (Phi) is 2.15. The second-order valence-electron chi connectivity index (χ2n) is 4.30. The molecule has 1 aromatic rings. The molecule has 2 unspecified atom stereocenters. The number of ether oxygens (including phenoxy) is 2. The van der Waals surface area contributed by atoms with Crippen LogP contribution >= 0.6 is 0 Å². The summed E-state index contributed by atoms with van der Waals surface area (Å²) in [4.78, 5) is 0. The summed E-state index contributed by atoms with van der Waals surface area (Å²) in [6.45, 7) is 1.78. The summed E-state index contributed by atoms with van der Waals surface area (Å²) < 4.78 is 10.5. The lowest BCUT2D eigenvalue weighted by Gasteiger charge is -2.10. The van der Waals surface area contributed by atoms with Gasteiger partial charge in [-0.3, -0.25) is 0 Å². The van der Waals surface area contributed by atoms with Gasteiger partial charge in [0, 0.05) is 18.5 Å². The summed E-state index contributed by atoms with van der Waals surface area (Å²) in [6.07, 6.45) is 2.76. The van der Waals surface area contributed by atoms with Gasteiger partial charge in [-0.05, 0) is 17.2 Å². The van der Waals surface area contributed by atoms with Gasteiger partial charge < -0.3 is 15.2 Å². The van der Waals surface area contributed by atoms with Crippen LogP contribution in [0.1, 0.15) is 11.1 Å². The van der Waals surface area contributed by atoms with Gasteiger partial charge in [-0.25, -0.2) is 0 Å². The molecule has 3 nitrogen and oxygen atoms in total. The second-order valence-corrected chi connectivity index (χ2v) is 4.30. The van der Waals surface area contributed by atoms with E-state index in [-0.39, 0.29) is 0 Å². The van der Waals surface area contributed by atoms with Crippen molar-refractivity contribution in [1.82, 2.24) is 0 Å². The molecule has 3 heteroatoms. The van der Waals surface area contributed by atoms with Crippen LogP contribution in [0.15, 0.2) is 18.2 Å². The molecule has 0 spiro atoms. The maximum absolute atomic E-state index is 6.00. The zero-order valence-electron chi connectivity index (χ0n) is 8.61. The Balaban J connectivity index is 1.84. The molecule has 0 bridgehead atoms. The predicted octanol–water partition coefficient (Wildman–Crippen LogP) is 1.15. The average Bonchev–Trinajstić information content (AvgIpc) is 3.06. The van der Waals surface area contributed by atoms with Crippen molar-refractivity contribution in [1.29, 1.82) is 0 Å². The molecule has 2 atom stereocenters. The lowest BCUT2D eigenvalue weighted by Crippen LogP contribution is -2.06. The smallest absolute Gasteiger partial charge is 0.0851 e. The molecule has 15 heavy (non-hydrogen) atoms. The molecule has 2 fully saturated rings. The van der Waals surface area contributed by atoms with Crippen LogP contribution in [0.3, 0.4) is 0 Å². The van der Waals surface area contributed by atoms with Crippen molar-refractivity contribution in [3.05, 3.63) is 29.3 Å². The Hall–Kier alpha value is -1.06. The lowest BCUT2D eigenvalue weighted by atomic mass is 9.97. The Bertz CT molecular complexity index is 370. The zero-order valence-corrected chi connectivity index (χ0v) is 8.61. The van der Waals surface area contributed by atoms with E-state index in [1.807, 2.05) is 12.1 Å². The molecule has 1 aromatic carbocycles. The van der Waals surface area contributed by atoms with E-state index in [1.54, 1.807) is 0 Å². The molecular weight excluding hydrogens is 190 g/mol. The molecule has 0 aromatic heterocycles. The first-order valence-corrected chi connectivity index (χ1v) is 5.42. The maximum Gasteiger partial charge on any atom is 0.0851 e. The third-order valence-corrected chi connectivity index (χ3v) is 2.99. The summed E-state index contributed by atoms with van der Waals surface area (Å²) in [5.74, 6) is 0. The highest BCUT2D eigenvalue weighted by Gasteiger charge is 2.28. The van der Waals surface area contributed by atoms with Crippen molar-refractivity contribution in [2.75, 3.05) is 18.9 Å². The third-order valence-electron chi connectivity index (χ3n) is 2.99. The van der Waals surface area contributed by atoms with Crippen molar-refractivity contribution >= 4 is 5.69 Å². The minimum absolute atomic E-state index is 0.397. The number of nitrogen functional groups attached to an aromatic ring is 1. The van der Waals surface area contributed by atoms with Crippen molar-refractivity contribution in [3.8, 4) is 0 Å². The van der Waals surface area contributed by atoms with E-state index in [4.69, 9.17) is 15.2 Å². The largest absolute Gasteiger partial charge is 0.398 e. The van der Waals surface area contributed by atoms with Crippen molar-refractivity contribution in [3.63, 3.8) is 0 Å². The number of benzene rings is 1. The van der Waals surface area contributed by atoms with E-state index in [9.17, 15) is 0 Å². The van der Waals surface area contributed by atoms with Gasteiger partial charge in [0.15, 0.2) is 0 Å². The highest BCUT2D eigenvalue weighted by molar-refractivity contribution is 5.51. The van der Waals surface area contributed by atoms with Gasteiger partial charge in [0.25, 0.3) is 0 Å². The lowest BCUT2D eigenvalue weighted by molar-refractivity contribution is 0.402. The van der Waals surface area contributed by atoms with Crippen LogP contribution in [0.5, 0.6) is 0 Å². The highest BCUT2D eigenvalue weighted by Crippen LogP contribution is 2.27. The molecule has 2 aliphatic rings. The minimum atomic E-state index is 0.397. The topological polar surface area (TPSA) is 51.1 Å². The van der Waals surface area contributed by atoms with Crippen LogP contribution < -0.4 is 5.73 Å². The van der Waals surface area contributed by atoms with Crippen LogP contribution in [0, 0.1) is 0 Å². The minimum Gasteiger partial charge on any atom is -0.398 e. The average molecular weight is 205 g/mol. The molecule has 2 saturated heterocycles. The molecule has 3 rings (SSSR count). The number of epoxide rings is 2. The van der Waals surface area contributed by atoms with Crippen LogP contribution in [-0.4, -0.2) is 25.4 Å². The van der Waals surface area contributed by atoms with Crippen LogP contribution in [0.25, 0.3) is 0 Å². The molecule has 0 aliphatic carbocycles. The van der Waals surface area contributed by atoms with Gasteiger partial charge in [-0.1, -0.05) is 12.1 Å². The fourth-order valence-electron chi connectivity index (χ4n) is 1.94. The first kappa shape index (κ1) is 9.19. The second kappa shape index (κ2) is 3.51. The normalized spacial score (nSPS) is 27.7. The van der Waals surface area contributed by atoms with Crippen LogP contribution in [0.2, 0.25) is 0 Å². The first-order valence-electron chi connectivity index (χ1n) is 5.42. The molecule has 0 saturated carbocycles. The number of anilines is 1. The maximum atomic E-state index is 6.00. The summed E-state index contributed by atoms with van der Waals surface area (Å²) >= 11 is 0. The number of hydrogen-bond donors (Lipinski definition) is 1. The van der Waals surface area contributed by atoms with E-state index < -0.39 is 0 Å². The summed E-state index contributed by atoms with van der Waals surface area (Å²) in [6, 6.07) is 6.13. The van der Waals surface area contributed by atoms with Crippen molar-refractivity contribution < 1.29 is 9.47 Å². The standard InChI is InChI=1S/C12H15NO2/c13-12-3-1-2-8(4-9-6-14-9)11(12)5-10-7-15-10/h1-3,9-10H,4-7,13H2. The summed E-state index contributed by atoms with van der Waals surface area (Å²) in [5, 5.41) is 0. The van der Waals surface area contributed by atoms with Gasteiger partial charge in [0.05, 0.1) is 25.4 Å². The quantitative estimate of drug-likeness (QED) is 0.592. The number of rotatable bonds is 4. The summed E-state index contributed by atoms with van der Waals surface area (Å²) in [7, 11) is 0. The fourth-order valence-corrected chi connectivity index (χ4v) is 1.94. The Labute approximate surface area is 89.2 Å². The van der Waals surface area contributed by atoms with Gasteiger partial charge in [0.2, 0.25) is 0 Å². The van der Waals surface area contributed by atoms with E-state index in [0.717, 1.165) is 31.7 Å². The SMILES string of the molecule is Nc1cccc(CC2CO2)c1CC1CO1. The fraction of sp³-hybridized carbons (Fsp3) is 0.500. The van der Waals surface area contributed by atoms with E-state index in [2.05, 4.69) is 6.07 Å². The Morgan fingerprint density at radius 2 is 1.80 bits per heavy atom. The third kappa shape index (κ3) is 2.13. The molecule has 2 N–H and O–H groups in total. The van der Waals surface area contributed by atoms with Gasteiger partial charge in [-0.2, -0.15) is 0 Å². The predicted molar refractivity (Wildman–Crippen MR) is 57.7 cm³/mol. The number of hydrogen-bond acceptors (Lipinski definition) is 3. The number of nitrogens with two attached hydrogens (primary N) is 1. The van der Waals surface area contributed by atoms with E-state index in [0.29, 0.717) is 12.2 Å². The molecule has 0 amide bonds. The summed E-state index contributed by atoms with van der Waals surface area (Å²) in [5.41, 5.74) is 9.48. The Morgan fingerprint density at radius 3 is 2.47 bits per heavy atom. The van der Waals surface area contributed by atoms with Gasteiger partial charge in [0.1, 0.15) is 0 Å².